The van der Waals surface area contributed by atoms with Crippen LogP contribution in [0.5, 0.6) is 0 Å². The SMILES string of the molecule is CC1CN(c2ccc(Br)cc2C(C)N)CC(C)(C)O1. The van der Waals surface area contributed by atoms with Gasteiger partial charge in [-0.2, -0.15) is 0 Å². The molecule has 0 bridgehead atoms. The van der Waals surface area contributed by atoms with E-state index in [4.69, 9.17) is 10.5 Å². The Morgan fingerprint density at radius 3 is 2.74 bits per heavy atom. The average molecular weight is 327 g/mol. The highest BCUT2D eigenvalue weighted by Crippen LogP contribution is 2.32. The van der Waals surface area contributed by atoms with Crippen LogP contribution in [0.2, 0.25) is 0 Å². The second-order valence-corrected chi connectivity index (χ2v) is 6.98. The molecule has 1 saturated heterocycles. The van der Waals surface area contributed by atoms with Crippen molar-refractivity contribution in [1.82, 2.24) is 0 Å². The standard InChI is InChI=1S/C15H23BrN2O/c1-10-8-18(9-15(3,4)19-10)14-6-5-12(16)7-13(14)11(2)17/h5-7,10-11H,8-9,17H2,1-4H3. The molecular weight excluding hydrogens is 304 g/mol. The van der Waals surface area contributed by atoms with E-state index >= 15 is 0 Å². The second-order valence-electron chi connectivity index (χ2n) is 6.06. The fourth-order valence-corrected chi connectivity index (χ4v) is 3.19. The van der Waals surface area contributed by atoms with E-state index in [0.717, 1.165) is 17.6 Å². The first-order valence-electron chi connectivity index (χ1n) is 6.76. The third kappa shape index (κ3) is 3.50. The summed E-state index contributed by atoms with van der Waals surface area (Å²) in [6.07, 6.45) is 0.230. The summed E-state index contributed by atoms with van der Waals surface area (Å²) in [5, 5.41) is 0. The van der Waals surface area contributed by atoms with Crippen molar-refractivity contribution in [3.8, 4) is 0 Å². The van der Waals surface area contributed by atoms with Crippen LogP contribution in [0.3, 0.4) is 0 Å². The van der Waals surface area contributed by atoms with Gasteiger partial charge in [0.2, 0.25) is 0 Å². The molecule has 3 nitrogen and oxygen atoms in total. The van der Waals surface area contributed by atoms with Crippen LogP contribution >= 0.6 is 15.9 Å². The van der Waals surface area contributed by atoms with Crippen LogP contribution in [0.15, 0.2) is 22.7 Å². The molecule has 1 aliphatic rings. The molecule has 2 N–H and O–H groups in total. The van der Waals surface area contributed by atoms with Crippen molar-refractivity contribution < 1.29 is 4.74 Å². The van der Waals surface area contributed by atoms with E-state index in [-0.39, 0.29) is 17.7 Å². The minimum absolute atomic E-state index is 0.0220. The van der Waals surface area contributed by atoms with Crippen LogP contribution in [-0.2, 0) is 4.74 Å². The number of halogens is 1. The summed E-state index contributed by atoms with van der Waals surface area (Å²) in [5.74, 6) is 0. The van der Waals surface area contributed by atoms with E-state index < -0.39 is 0 Å². The van der Waals surface area contributed by atoms with Crippen LogP contribution in [0, 0.1) is 0 Å². The van der Waals surface area contributed by atoms with Gasteiger partial charge in [-0.3, -0.25) is 0 Å². The molecule has 1 aromatic carbocycles. The van der Waals surface area contributed by atoms with Crippen molar-refractivity contribution >= 4 is 21.6 Å². The lowest BCUT2D eigenvalue weighted by atomic mass is 10.0. The van der Waals surface area contributed by atoms with Crippen LogP contribution in [0.25, 0.3) is 0 Å². The molecule has 106 valence electrons. The molecule has 0 spiro atoms. The zero-order valence-electron chi connectivity index (χ0n) is 12.1. The molecule has 0 amide bonds. The minimum atomic E-state index is -0.125. The molecule has 1 aromatic rings. The smallest absolute Gasteiger partial charge is 0.0805 e. The van der Waals surface area contributed by atoms with Crippen LogP contribution < -0.4 is 10.6 Å². The van der Waals surface area contributed by atoms with Gasteiger partial charge in [0.1, 0.15) is 0 Å². The van der Waals surface area contributed by atoms with E-state index in [1.165, 1.54) is 11.3 Å². The second kappa shape index (κ2) is 5.43. The molecule has 0 radical (unpaired) electrons. The molecule has 1 heterocycles. The lowest BCUT2D eigenvalue weighted by Crippen LogP contribution is -2.52. The van der Waals surface area contributed by atoms with Gasteiger partial charge in [-0.15, -0.1) is 0 Å². The summed E-state index contributed by atoms with van der Waals surface area (Å²) < 4.78 is 7.04. The Morgan fingerprint density at radius 2 is 2.16 bits per heavy atom. The number of anilines is 1. The Hall–Kier alpha value is -0.580. The van der Waals surface area contributed by atoms with Crippen molar-refractivity contribution in [3.05, 3.63) is 28.2 Å². The minimum Gasteiger partial charge on any atom is -0.369 e. The zero-order chi connectivity index (χ0) is 14.2. The third-order valence-electron chi connectivity index (χ3n) is 3.39. The Balaban J connectivity index is 2.35. The van der Waals surface area contributed by atoms with E-state index in [1.807, 2.05) is 6.92 Å². The quantitative estimate of drug-likeness (QED) is 0.904. The number of hydrogen-bond acceptors (Lipinski definition) is 3. The lowest BCUT2D eigenvalue weighted by Gasteiger charge is -2.43. The number of ether oxygens (including phenoxy) is 1. The maximum atomic E-state index is 6.11. The Kier molecular flexibility index (Phi) is 4.23. The third-order valence-corrected chi connectivity index (χ3v) is 3.88. The largest absolute Gasteiger partial charge is 0.369 e. The molecule has 0 saturated carbocycles. The first-order chi connectivity index (χ1) is 8.78. The molecule has 1 fully saturated rings. The molecule has 0 aliphatic carbocycles. The normalized spacial score (nSPS) is 24.3. The number of nitrogens with two attached hydrogens (primary N) is 1. The molecular formula is C15H23BrN2O. The molecule has 0 aromatic heterocycles. The monoisotopic (exact) mass is 326 g/mol. The van der Waals surface area contributed by atoms with E-state index in [0.29, 0.717) is 0 Å². The topological polar surface area (TPSA) is 38.5 Å². The maximum Gasteiger partial charge on any atom is 0.0805 e. The van der Waals surface area contributed by atoms with E-state index in [9.17, 15) is 0 Å². The zero-order valence-corrected chi connectivity index (χ0v) is 13.7. The lowest BCUT2D eigenvalue weighted by molar-refractivity contribution is -0.0750. The highest BCUT2D eigenvalue weighted by atomic mass is 79.9. The Morgan fingerprint density at radius 1 is 1.47 bits per heavy atom. The number of benzene rings is 1. The maximum absolute atomic E-state index is 6.11. The van der Waals surface area contributed by atoms with Crippen molar-refractivity contribution in [1.29, 1.82) is 0 Å². The van der Waals surface area contributed by atoms with Gasteiger partial charge in [0.05, 0.1) is 11.7 Å². The van der Waals surface area contributed by atoms with E-state index in [2.05, 4.69) is 59.8 Å². The number of nitrogens with zero attached hydrogens (tertiary/aromatic N) is 1. The van der Waals surface area contributed by atoms with Crippen LogP contribution in [-0.4, -0.2) is 24.8 Å². The molecule has 2 atom stereocenters. The highest BCUT2D eigenvalue weighted by Gasteiger charge is 2.32. The molecule has 4 heteroatoms. The first-order valence-corrected chi connectivity index (χ1v) is 7.55. The van der Waals surface area contributed by atoms with Gasteiger partial charge in [-0.1, -0.05) is 15.9 Å². The summed E-state index contributed by atoms with van der Waals surface area (Å²) in [7, 11) is 0. The predicted molar refractivity (Wildman–Crippen MR) is 83.6 cm³/mol. The molecule has 19 heavy (non-hydrogen) atoms. The molecule has 2 rings (SSSR count). The van der Waals surface area contributed by atoms with Gasteiger partial charge < -0.3 is 15.4 Å². The number of hydrogen-bond donors (Lipinski definition) is 1. The van der Waals surface area contributed by atoms with Crippen molar-refractivity contribution in [2.75, 3.05) is 18.0 Å². The summed E-state index contributed by atoms with van der Waals surface area (Å²) >= 11 is 3.52. The average Bonchev–Trinajstić information content (AvgIpc) is 2.25. The van der Waals surface area contributed by atoms with Gasteiger partial charge in [-0.25, -0.2) is 0 Å². The molecule has 2 unspecified atom stereocenters. The van der Waals surface area contributed by atoms with Gasteiger partial charge in [0, 0.05) is 29.3 Å². The van der Waals surface area contributed by atoms with Gasteiger partial charge in [0.25, 0.3) is 0 Å². The highest BCUT2D eigenvalue weighted by molar-refractivity contribution is 9.10. The number of morpholine rings is 1. The van der Waals surface area contributed by atoms with Crippen molar-refractivity contribution in [2.24, 2.45) is 5.73 Å². The predicted octanol–water partition coefficient (Wildman–Crippen LogP) is 3.47. The Labute approximate surface area is 124 Å². The number of rotatable bonds is 2. The first kappa shape index (κ1) is 14.8. The summed E-state index contributed by atoms with van der Waals surface area (Å²) in [4.78, 5) is 2.39. The fraction of sp³-hybridized carbons (Fsp3) is 0.600. The summed E-state index contributed by atoms with van der Waals surface area (Å²) in [6.45, 7) is 10.2. The summed E-state index contributed by atoms with van der Waals surface area (Å²) in [6, 6.07) is 6.37. The summed E-state index contributed by atoms with van der Waals surface area (Å²) in [5.41, 5.74) is 8.39. The molecule has 1 aliphatic heterocycles. The fourth-order valence-electron chi connectivity index (χ4n) is 2.82. The van der Waals surface area contributed by atoms with Crippen molar-refractivity contribution in [2.45, 2.75) is 45.4 Å². The van der Waals surface area contributed by atoms with E-state index in [1.54, 1.807) is 0 Å². The van der Waals surface area contributed by atoms with Gasteiger partial charge in [-0.05, 0) is 51.5 Å². The van der Waals surface area contributed by atoms with Crippen LogP contribution in [0.4, 0.5) is 5.69 Å². The van der Waals surface area contributed by atoms with Gasteiger partial charge in [0.15, 0.2) is 0 Å². The van der Waals surface area contributed by atoms with Crippen LogP contribution in [0.1, 0.15) is 39.3 Å². The van der Waals surface area contributed by atoms with Gasteiger partial charge >= 0.3 is 0 Å². The Bertz CT molecular complexity index is 459. The van der Waals surface area contributed by atoms with Crippen molar-refractivity contribution in [3.63, 3.8) is 0 Å².